The predicted octanol–water partition coefficient (Wildman–Crippen LogP) is 2.58. The van der Waals surface area contributed by atoms with Gasteiger partial charge in [0.1, 0.15) is 25.6 Å². The average Bonchev–Trinajstić information content (AvgIpc) is 3.03. The van der Waals surface area contributed by atoms with Crippen molar-refractivity contribution in [2.24, 2.45) is 0 Å². The van der Waals surface area contributed by atoms with Gasteiger partial charge in [0.25, 0.3) is 0 Å². The highest BCUT2D eigenvalue weighted by Gasteiger charge is 2.35. The third-order valence-corrected chi connectivity index (χ3v) is 2.89. The van der Waals surface area contributed by atoms with Crippen LogP contribution in [-0.4, -0.2) is 38.3 Å². The molecule has 2 aromatic heterocycles. The van der Waals surface area contributed by atoms with Gasteiger partial charge in [-0.05, 0) is 13.0 Å². The molecule has 26 heavy (non-hydrogen) atoms. The van der Waals surface area contributed by atoms with Crippen LogP contribution in [0.3, 0.4) is 0 Å². The molecule has 0 atom stereocenters. The molecule has 0 aliphatic rings. The maximum Gasteiger partial charge on any atom is 0.433 e. The number of alkyl halides is 6. The third-order valence-electron chi connectivity index (χ3n) is 2.89. The molecule has 0 fully saturated rings. The lowest BCUT2D eigenvalue weighted by Gasteiger charge is -2.10. The number of halogens is 6. The van der Waals surface area contributed by atoms with Crippen molar-refractivity contribution in [3.63, 3.8) is 0 Å². The molecule has 2 aromatic rings. The van der Waals surface area contributed by atoms with Crippen molar-refractivity contribution in [1.82, 2.24) is 19.6 Å². The smallest absolute Gasteiger partial charge is 0.350 e. The highest BCUT2D eigenvalue weighted by atomic mass is 19.4. The van der Waals surface area contributed by atoms with Crippen LogP contribution in [0.1, 0.15) is 11.4 Å². The van der Waals surface area contributed by atoms with Gasteiger partial charge >= 0.3 is 12.4 Å². The average molecular weight is 385 g/mol. The highest BCUT2D eigenvalue weighted by Crippen LogP contribution is 2.29. The van der Waals surface area contributed by atoms with Crippen molar-refractivity contribution in [1.29, 1.82) is 0 Å². The molecule has 2 rings (SSSR count). The number of hydrogen-bond acceptors (Lipinski definition) is 4. The van der Waals surface area contributed by atoms with Crippen LogP contribution in [0, 0.1) is 6.92 Å². The van der Waals surface area contributed by atoms with Gasteiger partial charge in [0.05, 0.1) is 23.8 Å². The Morgan fingerprint density at radius 1 is 1.27 bits per heavy atom. The molecular weight excluding hydrogens is 372 g/mol. The topological polar surface area (TPSA) is 74.0 Å². The Bertz CT molecular complexity index is 764. The molecule has 1 amide bonds. The van der Waals surface area contributed by atoms with E-state index in [0.29, 0.717) is 4.68 Å². The van der Waals surface area contributed by atoms with Gasteiger partial charge in [-0.3, -0.25) is 9.48 Å². The first-order chi connectivity index (χ1) is 11.9. The van der Waals surface area contributed by atoms with Crippen molar-refractivity contribution in [3.8, 4) is 0 Å². The van der Waals surface area contributed by atoms with Crippen LogP contribution in [-0.2, 0) is 29.0 Å². The highest BCUT2D eigenvalue weighted by molar-refractivity contribution is 5.90. The van der Waals surface area contributed by atoms with Crippen LogP contribution < -0.4 is 5.32 Å². The molecule has 0 unspecified atom stereocenters. The molecule has 0 saturated heterocycles. The summed E-state index contributed by atoms with van der Waals surface area (Å²) < 4.78 is 80.3. The number of hydrogen-bond donors (Lipinski definition) is 1. The Kier molecular flexibility index (Phi) is 5.59. The van der Waals surface area contributed by atoms with E-state index < -0.39 is 43.8 Å². The second kappa shape index (κ2) is 7.35. The summed E-state index contributed by atoms with van der Waals surface area (Å²) in [4.78, 5) is 11.9. The van der Waals surface area contributed by atoms with Crippen molar-refractivity contribution in [2.45, 2.75) is 32.6 Å². The van der Waals surface area contributed by atoms with Gasteiger partial charge in [-0.15, -0.1) is 0 Å². The number of nitrogens with one attached hydrogen (secondary N) is 1. The minimum Gasteiger partial charge on any atom is -0.350 e. The molecule has 13 heteroatoms. The number of nitrogens with zero attached hydrogens (tertiary/aromatic N) is 4. The summed E-state index contributed by atoms with van der Waals surface area (Å²) in [6.45, 7) is -1.31. The van der Waals surface area contributed by atoms with Gasteiger partial charge in [-0.25, -0.2) is 4.68 Å². The Labute approximate surface area is 142 Å². The molecule has 0 saturated carbocycles. The van der Waals surface area contributed by atoms with E-state index >= 15 is 0 Å². The second-order valence-electron chi connectivity index (χ2n) is 5.24. The summed E-state index contributed by atoms with van der Waals surface area (Å²) in [5.74, 6) is -0.811. The molecule has 0 aromatic carbocycles. The van der Waals surface area contributed by atoms with Crippen LogP contribution in [0.5, 0.6) is 0 Å². The van der Waals surface area contributed by atoms with Gasteiger partial charge in [0.15, 0.2) is 0 Å². The summed E-state index contributed by atoms with van der Waals surface area (Å²) in [6.07, 6.45) is -6.86. The van der Waals surface area contributed by atoms with Gasteiger partial charge in [0.2, 0.25) is 5.91 Å². The fourth-order valence-electron chi connectivity index (χ4n) is 1.98. The predicted molar refractivity (Wildman–Crippen MR) is 74.8 cm³/mol. The lowest BCUT2D eigenvalue weighted by Crippen LogP contribution is -2.23. The fourth-order valence-corrected chi connectivity index (χ4v) is 1.98. The van der Waals surface area contributed by atoms with Gasteiger partial charge < -0.3 is 10.1 Å². The van der Waals surface area contributed by atoms with Crippen molar-refractivity contribution in [2.75, 3.05) is 11.9 Å². The zero-order valence-corrected chi connectivity index (χ0v) is 13.2. The molecule has 1 N–H and O–H groups in total. The molecule has 0 aliphatic heterocycles. The van der Waals surface area contributed by atoms with E-state index in [2.05, 4.69) is 20.3 Å². The summed E-state index contributed by atoms with van der Waals surface area (Å²) in [6, 6.07) is 0.809. The van der Waals surface area contributed by atoms with E-state index in [1.165, 1.54) is 13.1 Å². The Morgan fingerprint density at radius 2 is 1.96 bits per heavy atom. The van der Waals surface area contributed by atoms with Crippen LogP contribution in [0.15, 0.2) is 18.5 Å². The SMILES string of the molecule is Cc1cc(C(F)(F)F)n(CC(=O)Nc2cnn(COCC(F)(F)F)c2)n1. The quantitative estimate of drug-likeness (QED) is 0.776. The van der Waals surface area contributed by atoms with E-state index in [1.807, 2.05) is 0 Å². The summed E-state index contributed by atoms with van der Waals surface area (Å²) >= 11 is 0. The first-order valence-electron chi connectivity index (χ1n) is 7.02. The zero-order valence-electron chi connectivity index (χ0n) is 13.2. The molecular formula is C13H13F6N5O2. The lowest BCUT2D eigenvalue weighted by atomic mass is 10.3. The van der Waals surface area contributed by atoms with Crippen LogP contribution in [0.2, 0.25) is 0 Å². The Balaban J connectivity index is 1.93. The van der Waals surface area contributed by atoms with E-state index in [0.717, 1.165) is 16.9 Å². The summed E-state index contributed by atoms with van der Waals surface area (Å²) in [7, 11) is 0. The Hall–Kier alpha value is -2.57. The number of ether oxygens (including phenoxy) is 1. The van der Waals surface area contributed by atoms with E-state index in [1.54, 1.807) is 0 Å². The molecule has 144 valence electrons. The first kappa shape index (κ1) is 19.8. The number of aryl methyl sites for hydroxylation is 1. The zero-order chi connectivity index (χ0) is 19.5. The second-order valence-corrected chi connectivity index (χ2v) is 5.24. The van der Waals surface area contributed by atoms with Gasteiger partial charge in [-0.2, -0.15) is 36.5 Å². The molecule has 0 spiro atoms. The maximum absolute atomic E-state index is 12.8. The number of carbonyl (C=O) groups is 1. The summed E-state index contributed by atoms with van der Waals surface area (Å²) in [5, 5.41) is 9.56. The third kappa shape index (κ3) is 5.75. The number of carbonyl (C=O) groups excluding carboxylic acids is 1. The minimum absolute atomic E-state index is 0.0862. The molecule has 2 heterocycles. The Morgan fingerprint density at radius 3 is 2.58 bits per heavy atom. The van der Waals surface area contributed by atoms with Crippen molar-refractivity contribution < 1.29 is 35.9 Å². The maximum atomic E-state index is 12.8. The molecule has 7 nitrogen and oxygen atoms in total. The standard InChI is InChI=1S/C13H13F6N5O2/c1-8-2-10(13(17,18)19)24(22-8)5-11(25)21-9-3-20-23(4-9)7-26-6-12(14,15)16/h2-4H,5-7H2,1H3,(H,21,25). The van der Waals surface area contributed by atoms with Crippen LogP contribution in [0.4, 0.5) is 32.0 Å². The normalized spacial score (nSPS) is 12.4. The molecule has 0 bridgehead atoms. The number of aromatic nitrogens is 4. The van der Waals surface area contributed by atoms with Crippen molar-refractivity contribution >= 4 is 11.6 Å². The lowest BCUT2D eigenvalue weighted by molar-refractivity contribution is -0.182. The fraction of sp³-hybridized carbons (Fsp3) is 0.462. The molecule has 0 radical (unpaired) electrons. The monoisotopic (exact) mass is 385 g/mol. The largest absolute Gasteiger partial charge is 0.433 e. The van der Waals surface area contributed by atoms with E-state index in [9.17, 15) is 31.1 Å². The summed E-state index contributed by atoms with van der Waals surface area (Å²) in [5.41, 5.74) is -0.885. The van der Waals surface area contributed by atoms with E-state index in [4.69, 9.17) is 0 Å². The first-order valence-corrected chi connectivity index (χ1v) is 7.02. The number of amides is 1. The number of rotatable bonds is 6. The van der Waals surface area contributed by atoms with Gasteiger partial charge in [-0.1, -0.05) is 0 Å². The number of anilines is 1. The van der Waals surface area contributed by atoms with E-state index in [-0.39, 0.29) is 11.4 Å². The minimum atomic E-state index is -4.66. The van der Waals surface area contributed by atoms with Crippen LogP contribution >= 0.6 is 0 Å². The van der Waals surface area contributed by atoms with Gasteiger partial charge in [0, 0.05) is 0 Å². The van der Waals surface area contributed by atoms with Crippen molar-refractivity contribution in [3.05, 3.63) is 29.8 Å². The van der Waals surface area contributed by atoms with Crippen LogP contribution in [0.25, 0.3) is 0 Å². The molecule has 0 aliphatic carbocycles.